The summed E-state index contributed by atoms with van der Waals surface area (Å²) in [5.74, 6) is 1.03. The lowest BCUT2D eigenvalue weighted by Gasteiger charge is -2.34. The molecular formula is C51H43N5. The molecule has 0 radical (unpaired) electrons. The fraction of sp³-hybridized carbons (Fsp3) is 0.0980. The van der Waals surface area contributed by atoms with Crippen molar-refractivity contribution in [3.8, 4) is 22.5 Å². The summed E-state index contributed by atoms with van der Waals surface area (Å²) in [7, 11) is 0. The molecule has 0 bridgehead atoms. The van der Waals surface area contributed by atoms with Gasteiger partial charge in [0.2, 0.25) is 0 Å². The third-order valence-electron chi connectivity index (χ3n) is 11.2. The topological polar surface area (TPSA) is 60.6 Å². The molecule has 2 N–H and O–H groups in total. The summed E-state index contributed by atoms with van der Waals surface area (Å²) >= 11 is 0. The van der Waals surface area contributed by atoms with Crippen LogP contribution in [0.5, 0.6) is 0 Å². The van der Waals surface area contributed by atoms with Crippen molar-refractivity contribution >= 4 is 44.4 Å². The van der Waals surface area contributed by atoms with Crippen LogP contribution in [0.3, 0.4) is 0 Å². The molecule has 9 aromatic rings. The van der Waals surface area contributed by atoms with Gasteiger partial charge in [-0.2, -0.15) is 0 Å². The van der Waals surface area contributed by atoms with E-state index in [1.54, 1.807) is 0 Å². The van der Waals surface area contributed by atoms with Crippen LogP contribution in [0.1, 0.15) is 49.1 Å². The summed E-state index contributed by atoms with van der Waals surface area (Å²) < 4.78 is 4.82. The van der Waals surface area contributed by atoms with Gasteiger partial charge in [0.1, 0.15) is 5.84 Å². The largest absolute Gasteiger partial charge is 0.383 e. The maximum atomic E-state index is 6.72. The van der Waals surface area contributed by atoms with Crippen LogP contribution in [0.15, 0.2) is 186 Å². The highest BCUT2D eigenvalue weighted by molar-refractivity contribution is 6.22. The van der Waals surface area contributed by atoms with Crippen molar-refractivity contribution in [2.45, 2.75) is 33.2 Å². The molecule has 1 aliphatic rings. The van der Waals surface area contributed by atoms with E-state index < -0.39 is 0 Å². The van der Waals surface area contributed by atoms with Crippen LogP contribution in [-0.2, 0) is 12.0 Å². The molecule has 0 saturated heterocycles. The third kappa shape index (κ3) is 5.63. The van der Waals surface area contributed by atoms with Crippen LogP contribution in [-0.4, -0.2) is 20.8 Å². The van der Waals surface area contributed by atoms with Crippen LogP contribution >= 0.6 is 0 Å². The van der Waals surface area contributed by atoms with Crippen molar-refractivity contribution in [2.75, 3.05) is 0 Å². The van der Waals surface area contributed by atoms with E-state index in [1.165, 1.54) is 49.5 Å². The maximum absolute atomic E-state index is 6.72. The Hall–Kier alpha value is -6.98. The average Bonchev–Trinajstić information content (AvgIpc) is 3.82. The molecule has 0 unspecified atom stereocenters. The summed E-state index contributed by atoms with van der Waals surface area (Å²) in [6.07, 6.45) is 2.24. The van der Waals surface area contributed by atoms with E-state index in [4.69, 9.17) is 15.7 Å². The van der Waals surface area contributed by atoms with Gasteiger partial charge >= 0.3 is 0 Å². The molecule has 3 heterocycles. The molecule has 272 valence electrons. The van der Waals surface area contributed by atoms with Crippen molar-refractivity contribution in [1.29, 1.82) is 0 Å². The quantitative estimate of drug-likeness (QED) is 0.135. The molecule has 2 aromatic heterocycles. The molecule has 7 aromatic carbocycles. The average molecular weight is 726 g/mol. The monoisotopic (exact) mass is 725 g/mol. The van der Waals surface area contributed by atoms with E-state index in [2.05, 4.69) is 138 Å². The van der Waals surface area contributed by atoms with Gasteiger partial charge in [-0.25, -0.2) is 4.99 Å². The Morgan fingerprint density at radius 3 is 2.11 bits per heavy atom. The minimum atomic E-state index is -0.158. The normalized spacial score (nSPS) is 13.5. The van der Waals surface area contributed by atoms with Gasteiger partial charge in [0.15, 0.2) is 5.84 Å². The molecule has 0 saturated carbocycles. The molecule has 5 heteroatoms. The van der Waals surface area contributed by atoms with Crippen molar-refractivity contribution in [1.82, 2.24) is 9.13 Å². The Morgan fingerprint density at radius 2 is 1.30 bits per heavy atom. The number of aliphatic imine (C=N–C) groups is 2. The first-order valence-corrected chi connectivity index (χ1v) is 18.8. The first kappa shape index (κ1) is 34.8. The second-order valence-electron chi connectivity index (χ2n) is 14.9. The number of fused-ring (bicyclic) bond motifs is 6. The van der Waals surface area contributed by atoms with Crippen LogP contribution in [0, 0.1) is 0 Å². The van der Waals surface area contributed by atoms with E-state index in [-0.39, 0.29) is 12.8 Å². The van der Waals surface area contributed by atoms with Crippen LogP contribution in [0.2, 0.25) is 0 Å². The summed E-state index contributed by atoms with van der Waals surface area (Å²) in [5, 5.41) is 3.84. The number of aromatic nitrogens is 2. The summed E-state index contributed by atoms with van der Waals surface area (Å²) in [6.45, 7) is 5.23. The first-order chi connectivity index (χ1) is 27.0. The van der Waals surface area contributed by atoms with Crippen molar-refractivity contribution in [3.63, 3.8) is 0 Å². The molecule has 0 amide bonds. The molecule has 10 rings (SSSR count). The van der Waals surface area contributed by atoms with E-state index in [0.717, 1.165) is 33.5 Å². The lowest BCUT2D eigenvalue weighted by Crippen LogP contribution is -2.26. The number of nitrogens with two attached hydrogens (primary N) is 1. The number of para-hydroxylation sites is 2. The standard InChI is InChI=1S/C50H39N5.CH4/c1-50(2)41-21-10-12-23-44(41)54-29-28-40-46-39-20-9-11-22-43(39)55(45(46)31-42(50)47(40)54)38-26-24-34(25-27-38)36-18-13-19-37(30-36)48(51)53-49(35-16-7-4-8-17-35)52-32-33-14-5-3-6-15-33;/h3-31H,32H2,1-2H3,(H2,51,52,53);1H4. The number of amidine groups is 2. The molecule has 56 heavy (non-hydrogen) atoms. The van der Waals surface area contributed by atoms with Crippen LogP contribution < -0.4 is 5.73 Å². The van der Waals surface area contributed by atoms with Gasteiger partial charge in [-0.05, 0) is 70.3 Å². The molecular weight excluding hydrogens is 683 g/mol. The van der Waals surface area contributed by atoms with Gasteiger partial charge in [0, 0.05) is 50.3 Å². The van der Waals surface area contributed by atoms with E-state index in [1.807, 2.05) is 60.7 Å². The van der Waals surface area contributed by atoms with E-state index in [9.17, 15) is 0 Å². The second kappa shape index (κ2) is 13.7. The van der Waals surface area contributed by atoms with E-state index >= 15 is 0 Å². The lowest BCUT2D eigenvalue weighted by atomic mass is 9.74. The fourth-order valence-electron chi connectivity index (χ4n) is 8.47. The highest BCUT2D eigenvalue weighted by Crippen LogP contribution is 2.48. The van der Waals surface area contributed by atoms with Crippen molar-refractivity contribution in [2.24, 2.45) is 15.7 Å². The number of benzene rings is 7. The molecule has 0 aliphatic carbocycles. The molecule has 0 atom stereocenters. The van der Waals surface area contributed by atoms with E-state index in [0.29, 0.717) is 18.2 Å². The Kier molecular flexibility index (Phi) is 8.51. The number of hydrogen-bond donors (Lipinski definition) is 1. The summed E-state index contributed by atoms with van der Waals surface area (Å²) in [4.78, 5) is 9.76. The zero-order chi connectivity index (χ0) is 37.1. The maximum Gasteiger partial charge on any atom is 0.157 e. The van der Waals surface area contributed by atoms with Gasteiger partial charge in [-0.3, -0.25) is 4.99 Å². The highest BCUT2D eigenvalue weighted by Gasteiger charge is 2.35. The van der Waals surface area contributed by atoms with Crippen LogP contribution in [0.4, 0.5) is 0 Å². The zero-order valence-electron chi connectivity index (χ0n) is 30.8. The third-order valence-corrected chi connectivity index (χ3v) is 11.2. The van der Waals surface area contributed by atoms with Gasteiger partial charge in [-0.15, -0.1) is 0 Å². The predicted octanol–water partition coefficient (Wildman–Crippen LogP) is 12.0. The summed E-state index contributed by atoms with van der Waals surface area (Å²) in [6, 6.07) is 59.7. The predicted molar refractivity (Wildman–Crippen MR) is 236 cm³/mol. The van der Waals surface area contributed by atoms with Crippen molar-refractivity contribution < 1.29 is 0 Å². The molecule has 5 nitrogen and oxygen atoms in total. The van der Waals surface area contributed by atoms with Gasteiger partial charge in [-0.1, -0.05) is 149 Å². The zero-order valence-corrected chi connectivity index (χ0v) is 30.8. The first-order valence-electron chi connectivity index (χ1n) is 18.8. The minimum Gasteiger partial charge on any atom is -0.383 e. The van der Waals surface area contributed by atoms with Gasteiger partial charge < -0.3 is 14.9 Å². The van der Waals surface area contributed by atoms with Crippen LogP contribution in [0.25, 0.3) is 55.2 Å². The highest BCUT2D eigenvalue weighted by atomic mass is 15.0. The van der Waals surface area contributed by atoms with Gasteiger partial charge in [0.25, 0.3) is 0 Å². The van der Waals surface area contributed by atoms with Gasteiger partial charge in [0.05, 0.1) is 23.1 Å². The fourth-order valence-corrected chi connectivity index (χ4v) is 8.47. The number of hydrogen-bond acceptors (Lipinski definition) is 1. The number of nitrogens with zero attached hydrogens (tertiary/aromatic N) is 4. The minimum absolute atomic E-state index is 0. The number of rotatable bonds is 6. The Balaban J connectivity index is 0.00000410. The SMILES string of the molecule is C.CC1(C)c2ccccc2-n2ccc3c4c5ccccc5n(-c5ccc(-c6cccc(C(N)=NC(=NCc7ccccc7)c7ccccc7)c6)cc5)c4cc1c32. The van der Waals surface area contributed by atoms with Crippen molar-refractivity contribution in [3.05, 3.63) is 204 Å². The Labute approximate surface area is 327 Å². The second-order valence-corrected chi connectivity index (χ2v) is 14.9. The molecule has 1 aliphatic heterocycles. The molecule has 0 fully saturated rings. The Bertz CT molecular complexity index is 2960. The Morgan fingerprint density at radius 1 is 0.607 bits per heavy atom. The lowest BCUT2D eigenvalue weighted by molar-refractivity contribution is 0.629. The summed E-state index contributed by atoms with van der Waals surface area (Å²) in [5.41, 5.74) is 20.4. The smallest absolute Gasteiger partial charge is 0.157 e. The molecule has 0 spiro atoms.